The van der Waals surface area contributed by atoms with Crippen LogP contribution in [0.5, 0.6) is 0 Å². The first-order chi connectivity index (χ1) is 22.9. The fourth-order valence-electron chi connectivity index (χ4n) is 10.8. The number of fused-ring (bicyclic) bond motifs is 5. The van der Waals surface area contributed by atoms with Crippen LogP contribution >= 0.6 is 7.82 Å². The van der Waals surface area contributed by atoms with Crippen molar-refractivity contribution in [2.24, 2.45) is 40.4 Å². The van der Waals surface area contributed by atoms with Crippen LogP contribution in [0.15, 0.2) is 33.5 Å². The van der Waals surface area contributed by atoms with Crippen molar-refractivity contribution in [1.29, 1.82) is 0 Å². The van der Waals surface area contributed by atoms with E-state index in [4.69, 9.17) is 13.8 Å². The maximum atomic E-state index is 13.0. The predicted octanol–water partition coefficient (Wildman–Crippen LogP) is 4.18. The van der Waals surface area contributed by atoms with Gasteiger partial charge in [-0.2, -0.15) is 0 Å². The maximum Gasteiger partial charge on any atom is 0.330 e. The molecule has 2 heterocycles. The van der Waals surface area contributed by atoms with Crippen molar-refractivity contribution < 1.29 is 38.6 Å². The van der Waals surface area contributed by atoms with E-state index in [2.05, 4.69) is 25.8 Å². The molecular weight excluding hydrogens is 651 g/mol. The molecule has 6 rings (SSSR count). The number of aromatic amines is 1. The Bertz CT molecular complexity index is 1550. The standard InChI is InChI=1S/C36H57N2O10P/c1-21(7-6-13-34(2,3)43)24-8-9-25-32-26(11-15-36(24,25)5)35(4)14-10-23(17-22(35)18-28(32)40)48-49(44,45)46-20-29-27(39)19-31(47-29)38-16-12-30(41)37-33(38)42/h12,16,18,21,23-29,31-32,39-40,43H,6-11,13-15,17,19-20H2,1-5H3,(H,44,45)(H,37,41,42)/p-1/t21-,23+,24-,25+,26+,27+,28+,29-,31-,32+,35+,36-/m1/s1. The minimum absolute atomic E-state index is 0.0205. The Morgan fingerprint density at radius 1 is 1.16 bits per heavy atom. The van der Waals surface area contributed by atoms with E-state index in [1.54, 1.807) is 0 Å². The van der Waals surface area contributed by atoms with E-state index >= 15 is 0 Å². The topological polar surface area (TPSA) is 183 Å². The molecule has 49 heavy (non-hydrogen) atoms. The molecule has 3 saturated carbocycles. The van der Waals surface area contributed by atoms with Crippen molar-refractivity contribution in [2.45, 2.75) is 141 Å². The highest BCUT2D eigenvalue weighted by molar-refractivity contribution is 7.45. The molecule has 276 valence electrons. The first kappa shape index (κ1) is 37.1. The Hall–Kier alpha value is -1.63. The van der Waals surface area contributed by atoms with Crippen LogP contribution in [-0.4, -0.2) is 61.5 Å². The predicted molar refractivity (Wildman–Crippen MR) is 180 cm³/mol. The van der Waals surface area contributed by atoms with Gasteiger partial charge in [0.2, 0.25) is 0 Å². The monoisotopic (exact) mass is 707 g/mol. The third kappa shape index (κ3) is 7.49. The lowest BCUT2D eigenvalue weighted by Crippen LogP contribution is -2.55. The first-order valence-electron chi connectivity index (χ1n) is 18.3. The van der Waals surface area contributed by atoms with E-state index in [1.807, 2.05) is 19.9 Å². The van der Waals surface area contributed by atoms with E-state index in [0.29, 0.717) is 36.5 Å². The third-order valence-electron chi connectivity index (χ3n) is 13.3. The quantitative estimate of drug-likeness (QED) is 0.192. The van der Waals surface area contributed by atoms with E-state index in [9.17, 15) is 34.4 Å². The zero-order chi connectivity index (χ0) is 35.5. The van der Waals surface area contributed by atoms with Crippen molar-refractivity contribution in [2.75, 3.05) is 6.61 Å². The number of hydrogen-bond donors (Lipinski definition) is 4. The largest absolute Gasteiger partial charge is 0.756 e. The molecule has 13 atom stereocenters. The minimum Gasteiger partial charge on any atom is -0.756 e. The van der Waals surface area contributed by atoms with Crippen molar-refractivity contribution >= 4 is 7.82 Å². The number of nitrogens with zero attached hydrogens (tertiary/aromatic N) is 1. The molecule has 0 bridgehead atoms. The molecule has 1 saturated heterocycles. The van der Waals surface area contributed by atoms with E-state index < -0.39 is 61.9 Å². The highest BCUT2D eigenvalue weighted by Gasteiger charge is 2.61. The van der Waals surface area contributed by atoms with Gasteiger partial charge in [0, 0.05) is 18.7 Å². The second-order valence-corrected chi connectivity index (χ2v) is 18.3. The molecular formula is C36H56N2O10P-. The van der Waals surface area contributed by atoms with E-state index in [0.717, 1.165) is 61.2 Å². The number of phosphoric acid groups is 1. The summed E-state index contributed by atoms with van der Waals surface area (Å²) >= 11 is 0. The maximum absolute atomic E-state index is 13.0. The molecule has 1 unspecified atom stereocenters. The fraction of sp³-hybridized carbons (Fsp3) is 0.833. The summed E-state index contributed by atoms with van der Waals surface area (Å²) in [4.78, 5) is 38.6. The summed E-state index contributed by atoms with van der Waals surface area (Å²) in [7, 11) is -4.78. The number of rotatable bonds is 11. The molecule has 1 aliphatic heterocycles. The zero-order valence-corrected chi connectivity index (χ0v) is 30.5. The summed E-state index contributed by atoms with van der Waals surface area (Å²) < 4.78 is 30.6. The molecule has 12 nitrogen and oxygen atoms in total. The lowest BCUT2D eigenvalue weighted by molar-refractivity contribution is -0.233. The number of H-pyrrole nitrogens is 1. The molecule has 13 heteroatoms. The van der Waals surface area contributed by atoms with Gasteiger partial charge in [-0.25, -0.2) is 4.79 Å². The van der Waals surface area contributed by atoms with Gasteiger partial charge in [-0.1, -0.05) is 45.3 Å². The molecule has 0 amide bonds. The van der Waals surface area contributed by atoms with Crippen LogP contribution in [0.3, 0.4) is 0 Å². The Morgan fingerprint density at radius 2 is 1.92 bits per heavy atom. The number of ether oxygens (including phenoxy) is 1. The van der Waals surface area contributed by atoms with Crippen molar-refractivity contribution in [3.63, 3.8) is 0 Å². The first-order valence-corrected chi connectivity index (χ1v) is 19.8. The SMILES string of the molecule is C[C@H](CCCC(C)(C)O)[C@H]1CC[C@H]2[C@@H]3[C@@H](O)C=C4C[C@@H](OP(=O)([O-])OC[C@H]5O[C@@H](n6ccc(=O)[nH]c6=O)C[C@@H]5O)CC[C@]4(C)[C@H]3CC[C@]12C. The molecule has 0 spiro atoms. The molecule has 4 N–H and O–H groups in total. The van der Waals surface area contributed by atoms with Crippen LogP contribution in [0.2, 0.25) is 0 Å². The Morgan fingerprint density at radius 3 is 2.63 bits per heavy atom. The van der Waals surface area contributed by atoms with Gasteiger partial charge in [0.25, 0.3) is 13.4 Å². The highest BCUT2D eigenvalue weighted by atomic mass is 31.2. The molecule has 4 fully saturated rings. The number of aliphatic hydroxyl groups excluding tert-OH is 2. The third-order valence-corrected chi connectivity index (χ3v) is 14.4. The van der Waals surface area contributed by atoms with Gasteiger partial charge in [-0.05, 0) is 106 Å². The average Bonchev–Trinajstić information content (AvgIpc) is 3.55. The van der Waals surface area contributed by atoms with Crippen LogP contribution < -0.4 is 16.1 Å². The summed E-state index contributed by atoms with van der Waals surface area (Å²) in [5, 5.41) is 32.4. The van der Waals surface area contributed by atoms with E-state index in [-0.39, 0.29) is 23.2 Å². The van der Waals surface area contributed by atoms with Crippen LogP contribution in [0, 0.1) is 40.4 Å². The summed E-state index contributed by atoms with van der Waals surface area (Å²) in [5.41, 5.74) is -0.776. The highest BCUT2D eigenvalue weighted by Crippen LogP contribution is 2.67. The van der Waals surface area contributed by atoms with Gasteiger partial charge < -0.3 is 34.0 Å². The number of phosphoric ester groups is 1. The van der Waals surface area contributed by atoms with Gasteiger partial charge in [-0.15, -0.1) is 0 Å². The van der Waals surface area contributed by atoms with Crippen molar-refractivity contribution in [3.05, 3.63) is 44.8 Å². The lowest BCUT2D eigenvalue weighted by atomic mass is 9.46. The molecule has 5 aliphatic rings. The van der Waals surface area contributed by atoms with Crippen molar-refractivity contribution in [1.82, 2.24) is 9.55 Å². The fourth-order valence-corrected chi connectivity index (χ4v) is 11.7. The van der Waals surface area contributed by atoms with Crippen molar-refractivity contribution in [3.8, 4) is 0 Å². The zero-order valence-electron chi connectivity index (χ0n) is 29.6. The molecule has 0 radical (unpaired) electrons. The second kappa shape index (κ2) is 13.7. The number of aliphatic hydroxyl groups is 3. The number of hydrogen-bond acceptors (Lipinski definition) is 10. The van der Waals surface area contributed by atoms with Crippen LogP contribution in [0.25, 0.3) is 0 Å². The summed E-state index contributed by atoms with van der Waals surface area (Å²) in [6.07, 6.45) is 8.20. The van der Waals surface area contributed by atoms with Crippen LogP contribution in [0.1, 0.15) is 111 Å². The smallest absolute Gasteiger partial charge is 0.330 e. The van der Waals surface area contributed by atoms with Gasteiger partial charge in [0.1, 0.15) is 12.3 Å². The Balaban J connectivity index is 1.06. The number of nitrogens with one attached hydrogen (secondary N) is 1. The molecule has 1 aromatic heterocycles. The van der Waals surface area contributed by atoms with Crippen LogP contribution in [0.4, 0.5) is 0 Å². The average molecular weight is 708 g/mol. The normalized spacial score (nSPS) is 40.9. The molecule has 4 aliphatic carbocycles. The van der Waals surface area contributed by atoms with Gasteiger partial charge in [-0.3, -0.25) is 18.9 Å². The Labute approximate surface area is 288 Å². The molecule has 1 aromatic rings. The number of aromatic nitrogens is 2. The second-order valence-electron chi connectivity index (χ2n) is 17.0. The minimum atomic E-state index is -4.78. The van der Waals surface area contributed by atoms with Gasteiger partial charge in [0.05, 0.1) is 30.5 Å². The van der Waals surface area contributed by atoms with Gasteiger partial charge >= 0.3 is 5.69 Å². The Kier molecular flexibility index (Phi) is 10.4. The lowest BCUT2D eigenvalue weighted by Gasteiger charge is -2.59. The summed E-state index contributed by atoms with van der Waals surface area (Å²) in [6.45, 7) is 10.4. The van der Waals surface area contributed by atoms with Gasteiger partial charge in [0.15, 0.2) is 0 Å². The summed E-state index contributed by atoms with van der Waals surface area (Å²) in [6, 6.07) is 1.16. The molecule has 0 aromatic carbocycles. The van der Waals surface area contributed by atoms with Crippen LogP contribution in [-0.2, 0) is 18.3 Å². The summed E-state index contributed by atoms with van der Waals surface area (Å²) in [5.74, 6) is 2.12. The van der Waals surface area contributed by atoms with E-state index in [1.165, 1.54) is 12.6 Å².